The van der Waals surface area contributed by atoms with Crippen molar-refractivity contribution in [3.05, 3.63) is 34.8 Å². The summed E-state index contributed by atoms with van der Waals surface area (Å²) in [4.78, 5) is 11.1. The van der Waals surface area contributed by atoms with Crippen LogP contribution >= 0.6 is 12.6 Å². The van der Waals surface area contributed by atoms with Crippen LogP contribution in [0.4, 0.5) is 0 Å². The van der Waals surface area contributed by atoms with Gasteiger partial charge in [0.15, 0.2) is 0 Å². The molecule has 2 nitrogen and oxygen atoms in total. The summed E-state index contributed by atoms with van der Waals surface area (Å²) in [7, 11) is 0. The van der Waals surface area contributed by atoms with Crippen molar-refractivity contribution in [2.75, 3.05) is 0 Å². The predicted molar refractivity (Wildman–Crippen MR) is 53.3 cm³/mol. The summed E-state index contributed by atoms with van der Waals surface area (Å²) >= 11 is 3.90. The van der Waals surface area contributed by atoms with Gasteiger partial charge in [-0.15, -0.1) is 12.6 Å². The Morgan fingerprint density at radius 2 is 2.08 bits per heavy atom. The third kappa shape index (κ3) is 3.44. The van der Waals surface area contributed by atoms with Crippen molar-refractivity contribution in [2.24, 2.45) is 0 Å². The number of carboxylic acid groups (broad SMARTS) is 1. The molecule has 0 aliphatic heterocycles. The number of thiol groups is 1. The smallest absolute Gasteiger partial charge is 0.335 e. The minimum Gasteiger partial charge on any atom is -0.478 e. The fourth-order valence-corrected chi connectivity index (χ4v) is 0.795. The molecule has 0 aromatic heterocycles. The molecule has 12 heavy (non-hydrogen) atoms. The Bertz CT molecular complexity index is 262. The molecule has 0 heterocycles. The standard InChI is InChI=1S/C9H12O2S/c1-4-6(2)8(9(10)11)5-7(3)12/h4-5,12H,3H2,1-2H3,(H,10,11)/b6-4-,8-5+. The normalized spacial score (nSPS) is 12.9. The van der Waals surface area contributed by atoms with E-state index in [0.717, 1.165) is 0 Å². The summed E-state index contributed by atoms with van der Waals surface area (Å²) in [6.45, 7) is 7.01. The maximum Gasteiger partial charge on any atom is 0.335 e. The van der Waals surface area contributed by atoms with Gasteiger partial charge in [-0.1, -0.05) is 12.7 Å². The lowest BCUT2D eigenvalue weighted by molar-refractivity contribution is -0.132. The van der Waals surface area contributed by atoms with Gasteiger partial charge in [0.25, 0.3) is 0 Å². The van der Waals surface area contributed by atoms with Crippen LogP contribution in [-0.4, -0.2) is 11.1 Å². The van der Waals surface area contributed by atoms with Gasteiger partial charge in [0, 0.05) is 0 Å². The first-order valence-electron chi connectivity index (χ1n) is 3.45. The number of carbonyl (C=O) groups is 1. The molecule has 3 heteroatoms. The molecule has 0 spiro atoms. The average molecular weight is 184 g/mol. The van der Waals surface area contributed by atoms with Crippen LogP contribution in [-0.2, 0) is 4.79 Å². The molecule has 0 aliphatic carbocycles. The van der Waals surface area contributed by atoms with Crippen LogP contribution in [0.3, 0.4) is 0 Å². The maximum atomic E-state index is 10.7. The Balaban J connectivity index is 4.93. The summed E-state index contributed by atoms with van der Waals surface area (Å²) in [6.07, 6.45) is 3.16. The van der Waals surface area contributed by atoms with Gasteiger partial charge in [0.05, 0.1) is 5.57 Å². The van der Waals surface area contributed by atoms with E-state index in [4.69, 9.17) is 5.11 Å². The summed E-state index contributed by atoms with van der Waals surface area (Å²) in [5.74, 6) is -0.958. The van der Waals surface area contributed by atoms with E-state index >= 15 is 0 Å². The van der Waals surface area contributed by atoms with Crippen molar-refractivity contribution >= 4 is 18.6 Å². The molecule has 0 fully saturated rings. The minimum atomic E-state index is -0.958. The lowest BCUT2D eigenvalue weighted by atomic mass is 10.1. The van der Waals surface area contributed by atoms with Gasteiger partial charge in [-0.25, -0.2) is 4.79 Å². The van der Waals surface area contributed by atoms with Crippen LogP contribution < -0.4 is 0 Å². The molecular weight excluding hydrogens is 172 g/mol. The number of aliphatic carboxylic acids is 1. The largest absolute Gasteiger partial charge is 0.478 e. The first-order chi connectivity index (χ1) is 5.49. The van der Waals surface area contributed by atoms with Crippen molar-refractivity contribution in [3.8, 4) is 0 Å². The Labute approximate surface area is 77.7 Å². The van der Waals surface area contributed by atoms with E-state index in [1.54, 1.807) is 19.9 Å². The van der Waals surface area contributed by atoms with Crippen LogP contribution in [0.15, 0.2) is 34.8 Å². The molecule has 66 valence electrons. The van der Waals surface area contributed by atoms with E-state index in [9.17, 15) is 4.79 Å². The zero-order valence-electron chi connectivity index (χ0n) is 7.16. The molecule has 1 N–H and O–H groups in total. The Morgan fingerprint density at radius 3 is 2.33 bits per heavy atom. The van der Waals surface area contributed by atoms with Crippen molar-refractivity contribution in [1.82, 2.24) is 0 Å². The fourth-order valence-electron chi connectivity index (χ4n) is 0.666. The van der Waals surface area contributed by atoms with Gasteiger partial charge in [-0.05, 0) is 30.4 Å². The van der Waals surface area contributed by atoms with E-state index in [0.29, 0.717) is 10.5 Å². The molecule has 0 aliphatic rings. The second-order valence-corrected chi connectivity index (χ2v) is 2.90. The molecule has 0 unspecified atom stereocenters. The Morgan fingerprint density at radius 1 is 1.58 bits per heavy atom. The SMILES string of the molecule is C=C(S)/C=C(C(=O)O)\C(C)=C/C. The summed E-state index contributed by atoms with van der Waals surface area (Å²) in [5, 5.41) is 8.74. The van der Waals surface area contributed by atoms with Gasteiger partial charge < -0.3 is 5.11 Å². The van der Waals surface area contributed by atoms with E-state index in [-0.39, 0.29) is 5.57 Å². The topological polar surface area (TPSA) is 37.3 Å². The number of hydrogen-bond donors (Lipinski definition) is 2. The summed E-state index contributed by atoms with van der Waals surface area (Å²) in [5.41, 5.74) is 0.940. The van der Waals surface area contributed by atoms with Crippen LogP contribution in [0.2, 0.25) is 0 Å². The van der Waals surface area contributed by atoms with Crippen LogP contribution in [0.25, 0.3) is 0 Å². The molecule has 0 saturated carbocycles. The highest BCUT2D eigenvalue weighted by Crippen LogP contribution is 2.13. The van der Waals surface area contributed by atoms with E-state index in [1.165, 1.54) is 6.08 Å². The quantitative estimate of drug-likeness (QED) is 0.401. The highest BCUT2D eigenvalue weighted by Gasteiger charge is 2.07. The van der Waals surface area contributed by atoms with Crippen LogP contribution in [0, 0.1) is 0 Å². The first-order valence-corrected chi connectivity index (χ1v) is 3.90. The third-order valence-corrected chi connectivity index (χ3v) is 1.53. The van der Waals surface area contributed by atoms with Gasteiger partial charge in [0.1, 0.15) is 0 Å². The number of rotatable bonds is 3. The molecule has 0 rings (SSSR count). The Hall–Kier alpha value is -0.960. The van der Waals surface area contributed by atoms with Gasteiger partial charge in [-0.3, -0.25) is 0 Å². The minimum absolute atomic E-state index is 0.234. The van der Waals surface area contributed by atoms with Crippen molar-refractivity contribution < 1.29 is 9.90 Å². The van der Waals surface area contributed by atoms with Gasteiger partial charge in [-0.2, -0.15) is 0 Å². The molecule has 0 aromatic carbocycles. The van der Waals surface area contributed by atoms with Crippen LogP contribution in [0.1, 0.15) is 13.8 Å². The zero-order valence-corrected chi connectivity index (χ0v) is 8.06. The van der Waals surface area contributed by atoms with Crippen molar-refractivity contribution in [2.45, 2.75) is 13.8 Å². The number of allylic oxidation sites excluding steroid dienone is 2. The maximum absolute atomic E-state index is 10.7. The molecular formula is C9H12O2S. The molecule has 0 amide bonds. The third-order valence-electron chi connectivity index (χ3n) is 1.40. The van der Waals surface area contributed by atoms with Gasteiger partial charge >= 0.3 is 5.97 Å². The molecule has 0 bridgehead atoms. The fraction of sp³-hybridized carbons (Fsp3) is 0.222. The monoisotopic (exact) mass is 184 g/mol. The average Bonchev–Trinajstić information content (AvgIpc) is 1.98. The number of carboxylic acids is 1. The molecule has 0 radical (unpaired) electrons. The predicted octanol–water partition coefficient (Wildman–Crippen LogP) is 2.41. The van der Waals surface area contributed by atoms with E-state index in [1.807, 2.05) is 0 Å². The second-order valence-electron chi connectivity index (χ2n) is 2.33. The lowest BCUT2D eigenvalue weighted by Gasteiger charge is -2.00. The molecule has 0 saturated heterocycles. The van der Waals surface area contributed by atoms with Crippen molar-refractivity contribution in [3.63, 3.8) is 0 Å². The number of hydrogen-bond acceptors (Lipinski definition) is 2. The first kappa shape index (κ1) is 11.0. The van der Waals surface area contributed by atoms with E-state index in [2.05, 4.69) is 19.2 Å². The highest BCUT2D eigenvalue weighted by atomic mass is 32.1. The second kappa shape index (κ2) is 4.83. The van der Waals surface area contributed by atoms with Crippen LogP contribution in [0.5, 0.6) is 0 Å². The summed E-state index contributed by atoms with van der Waals surface area (Å²) in [6, 6.07) is 0. The highest BCUT2D eigenvalue weighted by molar-refractivity contribution is 7.84. The van der Waals surface area contributed by atoms with Crippen molar-refractivity contribution in [1.29, 1.82) is 0 Å². The summed E-state index contributed by atoms with van der Waals surface area (Å²) < 4.78 is 0. The Kier molecular flexibility index (Phi) is 4.44. The van der Waals surface area contributed by atoms with Gasteiger partial charge in [0.2, 0.25) is 0 Å². The molecule has 0 atom stereocenters. The lowest BCUT2D eigenvalue weighted by Crippen LogP contribution is -2.01. The van der Waals surface area contributed by atoms with E-state index < -0.39 is 5.97 Å². The molecule has 0 aromatic rings. The zero-order chi connectivity index (χ0) is 9.72.